The number of hydrogen-bond donors (Lipinski definition) is 2. The lowest BCUT2D eigenvalue weighted by atomic mass is 10.0. The lowest BCUT2D eigenvalue weighted by molar-refractivity contribution is 0.0997. The Bertz CT molecular complexity index is 1090. The zero-order valence-electron chi connectivity index (χ0n) is 16.0. The van der Waals surface area contributed by atoms with Gasteiger partial charge in [0.15, 0.2) is 5.13 Å². The van der Waals surface area contributed by atoms with Crippen LogP contribution >= 0.6 is 22.7 Å². The fourth-order valence-corrected chi connectivity index (χ4v) is 5.54. The van der Waals surface area contributed by atoms with Crippen LogP contribution in [0.15, 0.2) is 18.2 Å². The zero-order valence-corrected chi connectivity index (χ0v) is 17.6. The number of anilines is 2. The number of nitrogens with zero attached hydrogens (tertiary/aromatic N) is 2. The van der Waals surface area contributed by atoms with Crippen molar-refractivity contribution in [1.82, 2.24) is 9.88 Å². The Kier molecular flexibility index (Phi) is 5.29. The highest BCUT2D eigenvalue weighted by molar-refractivity contribution is 7.23. The van der Waals surface area contributed by atoms with Crippen LogP contribution in [0.5, 0.6) is 5.75 Å². The van der Waals surface area contributed by atoms with E-state index in [9.17, 15) is 9.59 Å². The van der Waals surface area contributed by atoms with E-state index in [0.29, 0.717) is 41.8 Å². The van der Waals surface area contributed by atoms with Gasteiger partial charge in [-0.1, -0.05) is 11.3 Å². The molecule has 2 amide bonds. The molecule has 0 saturated heterocycles. The second-order valence-electron chi connectivity index (χ2n) is 6.42. The summed E-state index contributed by atoms with van der Waals surface area (Å²) in [4.78, 5) is 31.4. The number of thiazole rings is 1. The molecule has 3 heterocycles. The Morgan fingerprint density at radius 3 is 2.90 bits per heavy atom. The third-order valence-electron chi connectivity index (χ3n) is 4.65. The van der Waals surface area contributed by atoms with E-state index in [1.54, 1.807) is 18.9 Å². The minimum atomic E-state index is -0.489. The maximum Gasteiger partial charge on any atom is 0.410 e. The fourth-order valence-electron chi connectivity index (χ4n) is 3.31. The van der Waals surface area contributed by atoms with E-state index in [1.807, 2.05) is 18.2 Å². The molecule has 0 unspecified atom stereocenters. The van der Waals surface area contributed by atoms with Crippen LogP contribution in [0, 0.1) is 0 Å². The first kappa shape index (κ1) is 19.5. The number of primary amides is 1. The quantitative estimate of drug-likeness (QED) is 0.636. The minimum absolute atomic E-state index is 0.328. The number of ether oxygens (including phenoxy) is 2. The molecule has 0 bridgehead atoms. The number of benzene rings is 1. The minimum Gasteiger partial charge on any atom is -0.497 e. The van der Waals surface area contributed by atoms with Crippen molar-refractivity contribution in [2.75, 3.05) is 25.6 Å². The molecule has 3 aromatic rings. The van der Waals surface area contributed by atoms with Crippen LogP contribution in [-0.2, 0) is 17.7 Å². The van der Waals surface area contributed by atoms with E-state index in [4.69, 9.17) is 15.2 Å². The molecule has 8 nitrogen and oxygen atoms in total. The third kappa shape index (κ3) is 3.73. The molecule has 29 heavy (non-hydrogen) atoms. The van der Waals surface area contributed by atoms with Crippen molar-refractivity contribution in [2.45, 2.75) is 19.9 Å². The predicted molar refractivity (Wildman–Crippen MR) is 113 cm³/mol. The monoisotopic (exact) mass is 432 g/mol. The van der Waals surface area contributed by atoms with Crippen LogP contribution in [0.1, 0.15) is 27.7 Å². The molecule has 2 aromatic heterocycles. The van der Waals surface area contributed by atoms with E-state index in [-0.39, 0.29) is 6.09 Å². The van der Waals surface area contributed by atoms with Crippen LogP contribution in [0.4, 0.5) is 14.9 Å². The standard InChI is InChI=1S/C19H20N4O4S2/c1-3-27-19(25)23-7-6-11-14(9-23)28-17(15(11)16(20)24)22-18-21-12-5-4-10(26-2)8-13(12)29-18/h4-5,8H,3,6-7,9H2,1-2H3,(H2,20,24)(H,21,22). The van der Waals surface area contributed by atoms with Crippen molar-refractivity contribution in [2.24, 2.45) is 5.73 Å². The molecule has 10 heteroatoms. The SMILES string of the molecule is CCOC(=O)N1CCc2c(sc(Nc3nc4ccc(OC)cc4s3)c2C(N)=O)C1. The van der Waals surface area contributed by atoms with E-state index in [0.717, 1.165) is 26.4 Å². The van der Waals surface area contributed by atoms with Crippen molar-refractivity contribution in [3.05, 3.63) is 34.2 Å². The summed E-state index contributed by atoms with van der Waals surface area (Å²) in [5, 5.41) is 4.57. The highest BCUT2D eigenvalue weighted by Crippen LogP contribution is 2.40. The van der Waals surface area contributed by atoms with Crippen molar-refractivity contribution >= 4 is 55.0 Å². The van der Waals surface area contributed by atoms with Crippen LogP contribution in [0.3, 0.4) is 0 Å². The Morgan fingerprint density at radius 1 is 1.34 bits per heavy atom. The summed E-state index contributed by atoms with van der Waals surface area (Å²) in [6.45, 7) is 2.99. The third-order valence-corrected chi connectivity index (χ3v) is 6.71. The Morgan fingerprint density at radius 2 is 2.17 bits per heavy atom. The first-order chi connectivity index (χ1) is 14.0. The number of hydrogen-bond acceptors (Lipinski definition) is 8. The molecule has 0 radical (unpaired) electrons. The summed E-state index contributed by atoms with van der Waals surface area (Å²) in [5.74, 6) is 0.272. The number of fused-ring (bicyclic) bond motifs is 2. The first-order valence-corrected chi connectivity index (χ1v) is 10.7. The highest BCUT2D eigenvalue weighted by atomic mass is 32.1. The van der Waals surface area contributed by atoms with Gasteiger partial charge in [0.2, 0.25) is 0 Å². The molecule has 0 fully saturated rings. The Balaban J connectivity index is 1.64. The molecule has 0 saturated carbocycles. The second kappa shape index (κ2) is 7.88. The van der Waals surface area contributed by atoms with Gasteiger partial charge in [-0.2, -0.15) is 0 Å². The molecule has 4 rings (SSSR count). The van der Waals surface area contributed by atoms with Gasteiger partial charge in [-0.05, 0) is 37.1 Å². The molecular weight excluding hydrogens is 412 g/mol. The molecule has 3 N–H and O–H groups in total. The van der Waals surface area contributed by atoms with Gasteiger partial charge in [-0.3, -0.25) is 4.79 Å². The number of rotatable bonds is 5. The van der Waals surface area contributed by atoms with Gasteiger partial charge in [0, 0.05) is 11.4 Å². The molecular formula is C19H20N4O4S2. The van der Waals surface area contributed by atoms with Gasteiger partial charge < -0.3 is 25.4 Å². The number of carbonyl (C=O) groups is 2. The van der Waals surface area contributed by atoms with Crippen LogP contribution < -0.4 is 15.8 Å². The maximum atomic E-state index is 12.2. The highest BCUT2D eigenvalue weighted by Gasteiger charge is 2.29. The first-order valence-electron chi connectivity index (χ1n) is 9.07. The van der Waals surface area contributed by atoms with Gasteiger partial charge in [0.25, 0.3) is 5.91 Å². The van der Waals surface area contributed by atoms with Gasteiger partial charge in [-0.15, -0.1) is 11.3 Å². The number of thiophene rings is 1. The van der Waals surface area contributed by atoms with Gasteiger partial charge >= 0.3 is 6.09 Å². The summed E-state index contributed by atoms with van der Waals surface area (Å²) in [5.41, 5.74) is 7.90. The lowest BCUT2D eigenvalue weighted by Gasteiger charge is -2.26. The number of aromatic nitrogens is 1. The summed E-state index contributed by atoms with van der Waals surface area (Å²) in [6.07, 6.45) is 0.212. The summed E-state index contributed by atoms with van der Waals surface area (Å²) in [7, 11) is 1.62. The second-order valence-corrected chi connectivity index (χ2v) is 8.56. The molecule has 1 aliphatic rings. The zero-order chi connectivity index (χ0) is 20.5. The van der Waals surface area contributed by atoms with E-state index >= 15 is 0 Å². The number of nitrogens with one attached hydrogen (secondary N) is 1. The van der Waals surface area contributed by atoms with E-state index in [2.05, 4.69) is 10.3 Å². The Hall–Kier alpha value is -2.85. The molecule has 0 spiro atoms. The number of nitrogens with two attached hydrogens (primary N) is 1. The molecule has 1 aromatic carbocycles. The normalized spacial score (nSPS) is 13.2. The predicted octanol–water partition coefficient (Wildman–Crippen LogP) is 3.72. The van der Waals surface area contributed by atoms with Crippen LogP contribution in [0.2, 0.25) is 0 Å². The van der Waals surface area contributed by atoms with Crippen molar-refractivity contribution in [3.8, 4) is 5.75 Å². The number of amides is 2. The van der Waals surface area contributed by atoms with Crippen molar-refractivity contribution in [1.29, 1.82) is 0 Å². The van der Waals surface area contributed by atoms with Crippen LogP contribution in [-0.4, -0.2) is 42.1 Å². The average molecular weight is 433 g/mol. The molecule has 1 aliphatic heterocycles. The van der Waals surface area contributed by atoms with Gasteiger partial charge in [-0.25, -0.2) is 9.78 Å². The van der Waals surface area contributed by atoms with Gasteiger partial charge in [0.1, 0.15) is 10.8 Å². The van der Waals surface area contributed by atoms with Gasteiger partial charge in [0.05, 0.1) is 36.0 Å². The molecule has 152 valence electrons. The number of methoxy groups -OCH3 is 1. The van der Waals surface area contributed by atoms with Crippen molar-refractivity contribution < 1.29 is 19.1 Å². The fraction of sp³-hybridized carbons (Fsp3) is 0.316. The van der Waals surface area contributed by atoms with Crippen LogP contribution in [0.25, 0.3) is 10.2 Å². The Labute approximate surface area is 175 Å². The average Bonchev–Trinajstić information content (AvgIpc) is 3.26. The largest absolute Gasteiger partial charge is 0.497 e. The van der Waals surface area contributed by atoms with E-state index in [1.165, 1.54) is 22.7 Å². The smallest absolute Gasteiger partial charge is 0.410 e. The topological polar surface area (TPSA) is 107 Å². The van der Waals surface area contributed by atoms with Crippen molar-refractivity contribution in [3.63, 3.8) is 0 Å². The maximum absolute atomic E-state index is 12.2. The summed E-state index contributed by atoms with van der Waals surface area (Å²) >= 11 is 2.89. The number of carbonyl (C=O) groups excluding carboxylic acids is 2. The summed E-state index contributed by atoms with van der Waals surface area (Å²) in [6, 6.07) is 5.67. The summed E-state index contributed by atoms with van der Waals surface area (Å²) < 4.78 is 11.3. The van der Waals surface area contributed by atoms with E-state index < -0.39 is 5.91 Å². The lowest BCUT2D eigenvalue weighted by Crippen LogP contribution is -2.36. The molecule has 0 aliphatic carbocycles. The molecule has 0 atom stereocenters.